The molecule has 1 fully saturated rings. The van der Waals surface area contributed by atoms with Crippen molar-refractivity contribution in [3.05, 3.63) is 42.0 Å². The molecular weight excluding hydrogens is 368 g/mol. The Morgan fingerprint density at radius 1 is 1.17 bits per heavy atom. The van der Waals surface area contributed by atoms with Crippen molar-refractivity contribution in [3.63, 3.8) is 0 Å². The number of nitrogens with two attached hydrogens (primary N) is 1. The Morgan fingerprint density at radius 2 is 2.00 bits per heavy atom. The van der Waals surface area contributed by atoms with Crippen LogP contribution in [-0.4, -0.2) is 37.3 Å². The molecule has 0 atom stereocenters. The molecule has 9 nitrogen and oxygen atoms in total. The van der Waals surface area contributed by atoms with Crippen LogP contribution in [0.3, 0.4) is 0 Å². The molecular formula is C20H22N8O. The van der Waals surface area contributed by atoms with E-state index in [0.717, 1.165) is 42.8 Å². The molecule has 0 bridgehead atoms. The van der Waals surface area contributed by atoms with E-state index in [0.29, 0.717) is 17.3 Å². The number of nitrogens with zero attached hydrogens (tertiary/aromatic N) is 5. The van der Waals surface area contributed by atoms with Crippen LogP contribution < -0.4 is 15.8 Å². The van der Waals surface area contributed by atoms with Gasteiger partial charge in [0.15, 0.2) is 11.5 Å². The molecule has 1 saturated carbocycles. The Hall–Kier alpha value is -3.51. The van der Waals surface area contributed by atoms with E-state index in [4.69, 9.17) is 15.7 Å². The number of anilines is 2. The Bertz CT molecular complexity index is 1020. The summed E-state index contributed by atoms with van der Waals surface area (Å²) in [6, 6.07) is 7.94. The van der Waals surface area contributed by atoms with Crippen molar-refractivity contribution < 1.29 is 4.74 Å². The van der Waals surface area contributed by atoms with Crippen LogP contribution in [0.15, 0.2) is 30.6 Å². The number of H-pyrrole nitrogens is 1. The first-order valence-electron chi connectivity index (χ1n) is 9.55. The van der Waals surface area contributed by atoms with E-state index < -0.39 is 0 Å². The van der Waals surface area contributed by atoms with Crippen LogP contribution in [0.4, 0.5) is 11.6 Å². The Balaban J connectivity index is 1.53. The molecule has 29 heavy (non-hydrogen) atoms. The van der Waals surface area contributed by atoms with Crippen LogP contribution in [0.2, 0.25) is 0 Å². The zero-order chi connectivity index (χ0) is 20.2. The van der Waals surface area contributed by atoms with Crippen molar-refractivity contribution in [1.82, 2.24) is 25.1 Å². The average Bonchev–Trinajstić information content (AvgIpc) is 3.20. The summed E-state index contributed by atoms with van der Waals surface area (Å²) in [5.74, 6) is 1.79. The predicted octanol–water partition coefficient (Wildman–Crippen LogP) is 2.83. The fourth-order valence-electron chi connectivity index (χ4n) is 3.31. The molecule has 0 saturated heterocycles. The van der Waals surface area contributed by atoms with Gasteiger partial charge in [-0.1, -0.05) is 0 Å². The zero-order valence-corrected chi connectivity index (χ0v) is 16.1. The molecule has 148 valence electrons. The number of pyridine rings is 1. The normalized spacial score (nSPS) is 18.8. The van der Waals surface area contributed by atoms with Crippen LogP contribution in [0.5, 0.6) is 5.75 Å². The minimum Gasteiger partial charge on any atom is -0.488 e. The second-order valence-electron chi connectivity index (χ2n) is 7.14. The number of hydrogen-bond acceptors (Lipinski definition) is 8. The van der Waals surface area contributed by atoms with Gasteiger partial charge in [0.05, 0.1) is 24.2 Å². The van der Waals surface area contributed by atoms with E-state index in [1.54, 1.807) is 0 Å². The number of nitrogens with one attached hydrogen (secondary N) is 2. The molecule has 0 aliphatic heterocycles. The lowest BCUT2D eigenvalue weighted by Crippen LogP contribution is -2.31. The van der Waals surface area contributed by atoms with Gasteiger partial charge in [0.2, 0.25) is 0 Å². The van der Waals surface area contributed by atoms with E-state index in [-0.39, 0.29) is 17.8 Å². The fourth-order valence-corrected chi connectivity index (χ4v) is 3.31. The van der Waals surface area contributed by atoms with E-state index in [9.17, 15) is 0 Å². The lowest BCUT2D eigenvalue weighted by molar-refractivity contribution is 0.147. The van der Waals surface area contributed by atoms with E-state index in [1.165, 1.54) is 12.4 Å². The molecule has 4 N–H and O–H groups in total. The number of rotatable bonds is 5. The molecule has 0 amide bonds. The van der Waals surface area contributed by atoms with Crippen molar-refractivity contribution >= 4 is 11.6 Å². The summed E-state index contributed by atoms with van der Waals surface area (Å²) in [6.45, 7) is 1.94. The number of aryl methyl sites for hydroxylation is 1. The van der Waals surface area contributed by atoms with Gasteiger partial charge in [-0.05, 0) is 44.7 Å². The number of aromatic nitrogens is 5. The first-order valence-corrected chi connectivity index (χ1v) is 9.55. The van der Waals surface area contributed by atoms with Gasteiger partial charge < -0.3 is 15.8 Å². The number of hydrogen-bond donors (Lipinski definition) is 3. The second-order valence-corrected chi connectivity index (χ2v) is 7.14. The summed E-state index contributed by atoms with van der Waals surface area (Å²) in [6.07, 6.45) is 6.88. The molecule has 3 heterocycles. The summed E-state index contributed by atoms with van der Waals surface area (Å²) in [4.78, 5) is 12.8. The lowest BCUT2D eigenvalue weighted by Gasteiger charge is -2.27. The summed E-state index contributed by atoms with van der Waals surface area (Å²) in [7, 11) is 0. The summed E-state index contributed by atoms with van der Waals surface area (Å²) >= 11 is 0. The van der Waals surface area contributed by atoms with E-state index in [1.807, 2.05) is 31.2 Å². The van der Waals surface area contributed by atoms with Gasteiger partial charge >= 0.3 is 0 Å². The van der Waals surface area contributed by atoms with Crippen molar-refractivity contribution in [2.75, 3.05) is 5.32 Å². The number of ether oxygens (including phenoxy) is 1. The third kappa shape index (κ3) is 4.50. The second kappa shape index (κ2) is 8.24. The first-order chi connectivity index (χ1) is 14.1. The van der Waals surface area contributed by atoms with Crippen molar-refractivity contribution in [2.24, 2.45) is 5.73 Å². The van der Waals surface area contributed by atoms with Gasteiger partial charge in [-0.2, -0.15) is 10.4 Å². The van der Waals surface area contributed by atoms with Crippen LogP contribution >= 0.6 is 0 Å². The molecule has 1 aliphatic rings. The van der Waals surface area contributed by atoms with Crippen molar-refractivity contribution in [2.45, 2.75) is 44.8 Å². The first kappa shape index (κ1) is 18.8. The molecule has 0 unspecified atom stereocenters. The molecule has 3 aromatic heterocycles. The molecule has 0 spiro atoms. The zero-order valence-electron chi connectivity index (χ0n) is 16.1. The monoisotopic (exact) mass is 390 g/mol. The smallest absolute Gasteiger partial charge is 0.158 e. The Morgan fingerprint density at radius 3 is 2.72 bits per heavy atom. The van der Waals surface area contributed by atoms with Gasteiger partial charge in [-0.25, -0.2) is 15.0 Å². The van der Waals surface area contributed by atoms with Gasteiger partial charge in [0, 0.05) is 17.8 Å². The van der Waals surface area contributed by atoms with Crippen LogP contribution in [0, 0.1) is 18.3 Å². The molecule has 1 aliphatic carbocycles. The van der Waals surface area contributed by atoms with Crippen molar-refractivity contribution in [3.8, 4) is 23.2 Å². The third-order valence-electron chi connectivity index (χ3n) is 4.87. The maximum absolute atomic E-state index is 8.81. The highest BCUT2D eigenvalue weighted by Gasteiger charge is 2.22. The lowest BCUT2D eigenvalue weighted by atomic mass is 9.94. The number of aromatic amines is 1. The van der Waals surface area contributed by atoms with E-state index >= 15 is 0 Å². The summed E-state index contributed by atoms with van der Waals surface area (Å²) in [5.41, 5.74) is 8.60. The van der Waals surface area contributed by atoms with Gasteiger partial charge in [-0.15, -0.1) is 0 Å². The third-order valence-corrected chi connectivity index (χ3v) is 4.87. The maximum Gasteiger partial charge on any atom is 0.158 e. The molecule has 0 radical (unpaired) electrons. The summed E-state index contributed by atoms with van der Waals surface area (Å²) < 4.78 is 6.26. The van der Waals surface area contributed by atoms with Gasteiger partial charge in [-0.3, -0.25) is 5.10 Å². The standard InChI is InChI=1S/C20H22N8O/c1-12-2-7-17(29-15-5-3-13(22)4-6-15)20(25-12)16-8-18(28-27-16)26-19-11-23-14(9-21)10-24-19/h2,7-8,10-11,13,15H,3-6,22H2,1H3,(H2,24,26,27,28). The minimum atomic E-state index is 0.146. The molecule has 3 aromatic rings. The summed E-state index contributed by atoms with van der Waals surface area (Å²) in [5, 5.41) is 19.1. The predicted molar refractivity (Wildman–Crippen MR) is 107 cm³/mol. The van der Waals surface area contributed by atoms with E-state index in [2.05, 4.69) is 30.5 Å². The highest BCUT2D eigenvalue weighted by atomic mass is 16.5. The quantitative estimate of drug-likeness (QED) is 0.604. The molecule has 0 aromatic carbocycles. The highest BCUT2D eigenvalue weighted by molar-refractivity contribution is 5.67. The molecule has 4 rings (SSSR count). The fraction of sp³-hybridized carbons (Fsp3) is 0.350. The van der Waals surface area contributed by atoms with Crippen molar-refractivity contribution in [1.29, 1.82) is 5.26 Å². The Labute approximate surface area is 168 Å². The molecule has 9 heteroatoms. The minimum absolute atomic E-state index is 0.146. The Kier molecular flexibility index (Phi) is 5.35. The number of nitriles is 1. The van der Waals surface area contributed by atoms with Gasteiger partial charge in [0.25, 0.3) is 0 Å². The highest BCUT2D eigenvalue weighted by Crippen LogP contribution is 2.32. The maximum atomic E-state index is 8.81. The van der Waals surface area contributed by atoms with Gasteiger partial charge in [0.1, 0.15) is 23.3 Å². The topological polar surface area (TPSA) is 138 Å². The average molecular weight is 390 g/mol. The van der Waals surface area contributed by atoms with Crippen LogP contribution in [0.25, 0.3) is 11.4 Å². The SMILES string of the molecule is Cc1ccc(OC2CCC(N)CC2)c(-c2cc(Nc3cnc(C#N)cn3)n[nH]2)n1. The van der Waals surface area contributed by atoms with Crippen LogP contribution in [0.1, 0.15) is 37.1 Å². The largest absolute Gasteiger partial charge is 0.488 e. The van der Waals surface area contributed by atoms with Crippen LogP contribution in [-0.2, 0) is 0 Å².